The number of nitrogens with zero attached hydrogens (tertiary/aromatic N) is 4. The maximum absolute atomic E-state index is 14.9. The molecule has 0 saturated heterocycles. The standard InChI is InChI=1S/C31H24N4O4S/c1-4-24-32-33-30(40-24)35-28(37)27-25(26(36)20-15-18(3)12-13-23(20)39-27)31(35)21-10-5-6-11-22(21)34(29(31)38)16-19-9-7-8-17(2)14-19/h5-15H,4,16H2,1-3H3. The molecule has 198 valence electrons. The van der Waals surface area contributed by atoms with Crippen molar-refractivity contribution in [3.8, 4) is 0 Å². The van der Waals surface area contributed by atoms with Crippen LogP contribution in [0.15, 0.2) is 75.9 Å². The van der Waals surface area contributed by atoms with E-state index in [1.807, 2.05) is 69.3 Å². The van der Waals surface area contributed by atoms with Crippen LogP contribution in [0.25, 0.3) is 11.0 Å². The molecule has 0 fully saturated rings. The van der Waals surface area contributed by atoms with Crippen molar-refractivity contribution in [2.45, 2.75) is 39.3 Å². The van der Waals surface area contributed by atoms with Crippen molar-refractivity contribution in [2.24, 2.45) is 0 Å². The summed E-state index contributed by atoms with van der Waals surface area (Å²) >= 11 is 1.23. The highest BCUT2D eigenvalue weighted by Crippen LogP contribution is 2.54. The van der Waals surface area contributed by atoms with Gasteiger partial charge in [-0.05, 0) is 44.0 Å². The van der Waals surface area contributed by atoms with E-state index >= 15 is 0 Å². The molecule has 4 heterocycles. The summed E-state index contributed by atoms with van der Waals surface area (Å²) in [5.41, 5.74) is 2.16. The van der Waals surface area contributed by atoms with E-state index in [2.05, 4.69) is 10.2 Å². The van der Waals surface area contributed by atoms with Crippen LogP contribution < -0.4 is 15.2 Å². The Hall–Kier alpha value is -4.63. The molecule has 2 amide bonds. The third kappa shape index (κ3) is 3.21. The van der Waals surface area contributed by atoms with Crippen LogP contribution in [0.2, 0.25) is 0 Å². The van der Waals surface area contributed by atoms with Gasteiger partial charge in [-0.3, -0.25) is 19.3 Å². The molecule has 5 aromatic rings. The molecule has 2 aliphatic rings. The summed E-state index contributed by atoms with van der Waals surface area (Å²) in [6.45, 7) is 6.09. The second-order valence-electron chi connectivity index (χ2n) is 10.2. The Morgan fingerprint density at radius 2 is 1.73 bits per heavy atom. The smallest absolute Gasteiger partial charge is 0.297 e. The molecule has 0 saturated carbocycles. The molecular weight excluding hydrogens is 524 g/mol. The van der Waals surface area contributed by atoms with Crippen molar-refractivity contribution in [3.05, 3.63) is 116 Å². The van der Waals surface area contributed by atoms with Crippen molar-refractivity contribution in [2.75, 3.05) is 9.80 Å². The van der Waals surface area contributed by atoms with E-state index in [1.54, 1.807) is 23.1 Å². The monoisotopic (exact) mass is 548 g/mol. The van der Waals surface area contributed by atoms with Gasteiger partial charge in [0.1, 0.15) is 10.6 Å². The fraction of sp³-hybridized carbons (Fsp3) is 0.194. The normalized spacial score (nSPS) is 17.8. The maximum atomic E-state index is 14.9. The van der Waals surface area contributed by atoms with E-state index in [9.17, 15) is 14.4 Å². The molecule has 3 aromatic carbocycles. The number of carbonyl (C=O) groups is 2. The Bertz CT molecular complexity index is 1940. The van der Waals surface area contributed by atoms with Crippen LogP contribution in [0.5, 0.6) is 0 Å². The Balaban J connectivity index is 1.56. The van der Waals surface area contributed by atoms with Gasteiger partial charge < -0.3 is 9.32 Å². The average Bonchev–Trinajstić information content (AvgIpc) is 3.59. The zero-order valence-electron chi connectivity index (χ0n) is 22.1. The molecule has 40 heavy (non-hydrogen) atoms. The molecule has 2 aliphatic heterocycles. The molecule has 0 bridgehead atoms. The van der Waals surface area contributed by atoms with Crippen LogP contribution in [-0.2, 0) is 23.3 Å². The number of carbonyl (C=O) groups excluding carboxylic acids is 2. The van der Waals surface area contributed by atoms with E-state index in [0.717, 1.165) is 16.7 Å². The van der Waals surface area contributed by atoms with Crippen LogP contribution in [0, 0.1) is 13.8 Å². The predicted octanol–water partition coefficient (Wildman–Crippen LogP) is 5.27. The number of aryl methyl sites for hydroxylation is 3. The Kier molecular flexibility index (Phi) is 5.30. The highest BCUT2D eigenvalue weighted by atomic mass is 32.1. The number of benzene rings is 3. The molecule has 0 aliphatic carbocycles. The van der Waals surface area contributed by atoms with E-state index in [1.165, 1.54) is 16.2 Å². The molecule has 0 radical (unpaired) electrons. The lowest BCUT2D eigenvalue weighted by Crippen LogP contribution is -2.53. The summed E-state index contributed by atoms with van der Waals surface area (Å²) in [4.78, 5) is 46.5. The number of aromatic nitrogens is 2. The van der Waals surface area contributed by atoms with Gasteiger partial charge in [-0.25, -0.2) is 0 Å². The summed E-state index contributed by atoms with van der Waals surface area (Å²) in [7, 11) is 0. The quantitative estimate of drug-likeness (QED) is 0.303. The minimum Gasteiger partial charge on any atom is -0.450 e. The fourth-order valence-corrected chi connectivity index (χ4v) is 6.73. The molecule has 1 atom stereocenters. The van der Waals surface area contributed by atoms with Crippen molar-refractivity contribution in [3.63, 3.8) is 0 Å². The van der Waals surface area contributed by atoms with Gasteiger partial charge in [0.15, 0.2) is 11.0 Å². The highest BCUT2D eigenvalue weighted by molar-refractivity contribution is 7.15. The Morgan fingerprint density at radius 1 is 0.925 bits per heavy atom. The van der Waals surface area contributed by atoms with E-state index in [4.69, 9.17) is 4.42 Å². The lowest BCUT2D eigenvalue weighted by Gasteiger charge is -2.32. The number of para-hydroxylation sites is 1. The van der Waals surface area contributed by atoms with E-state index < -0.39 is 22.8 Å². The van der Waals surface area contributed by atoms with Gasteiger partial charge in [0.25, 0.3) is 11.8 Å². The molecule has 1 spiro atoms. The van der Waals surface area contributed by atoms with Crippen molar-refractivity contribution in [1.29, 1.82) is 0 Å². The van der Waals surface area contributed by atoms with Gasteiger partial charge in [0.05, 0.1) is 23.2 Å². The maximum Gasteiger partial charge on any atom is 0.297 e. The number of rotatable bonds is 4. The second kappa shape index (κ2) is 8.69. The zero-order valence-corrected chi connectivity index (χ0v) is 22.9. The first-order valence-corrected chi connectivity index (χ1v) is 13.9. The van der Waals surface area contributed by atoms with E-state index in [-0.39, 0.29) is 23.0 Å². The molecule has 2 aromatic heterocycles. The van der Waals surface area contributed by atoms with Gasteiger partial charge in [0, 0.05) is 5.56 Å². The molecule has 7 rings (SSSR count). The minimum atomic E-state index is -1.78. The molecule has 9 heteroatoms. The summed E-state index contributed by atoms with van der Waals surface area (Å²) in [6.07, 6.45) is 0.615. The second-order valence-corrected chi connectivity index (χ2v) is 11.3. The fourth-order valence-electron chi connectivity index (χ4n) is 5.90. The summed E-state index contributed by atoms with van der Waals surface area (Å²) in [5, 5.41) is 9.84. The molecular formula is C31H24N4O4S. The number of hydrogen-bond donors (Lipinski definition) is 0. The molecule has 8 nitrogen and oxygen atoms in total. The van der Waals surface area contributed by atoms with Crippen LogP contribution >= 0.6 is 11.3 Å². The van der Waals surface area contributed by atoms with Gasteiger partial charge in [0.2, 0.25) is 10.9 Å². The topological polar surface area (TPSA) is 96.6 Å². The number of hydrogen-bond acceptors (Lipinski definition) is 7. The summed E-state index contributed by atoms with van der Waals surface area (Å²) in [6, 6.07) is 20.5. The van der Waals surface area contributed by atoms with Gasteiger partial charge >= 0.3 is 0 Å². The number of fused-ring (bicyclic) bond motifs is 5. The summed E-state index contributed by atoms with van der Waals surface area (Å²) < 4.78 is 6.15. The number of anilines is 2. The highest BCUT2D eigenvalue weighted by Gasteiger charge is 2.66. The Labute approximate surface area is 233 Å². The van der Waals surface area contributed by atoms with Gasteiger partial charge in [-0.1, -0.05) is 77.9 Å². The van der Waals surface area contributed by atoms with Crippen LogP contribution in [0.4, 0.5) is 10.8 Å². The van der Waals surface area contributed by atoms with Gasteiger partial charge in [-0.15, -0.1) is 10.2 Å². The predicted molar refractivity (Wildman–Crippen MR) is 153 cm³/mol. The minimum absolute atomic E-state index is 0.0213. The Morgan fingerprint density at radius 3 is 2.50 bits per heavy atom. The third-order valence-corrected chi connectivity index (χ3v) is 8.71. The first kappa shape index (κ1) is 24.4. The summed E-state index contributed by atoms with van der Waals surface area (Å²) in [5.74, 6) is -1.14. The lowest BCUT2D eigenvalue weighted by atomic mass is 9.84. The first-order chi connectivity index (χ1) is 19.3. The molecule has 1 unspecified atom stereocenters. The van der Waals surface area contributed by atoms with Crippen molar-refractivity contribution in [1.82, 2.24) is 10.2 Å². The number of amides is 2. The van der Waals surface area contributed by atoms with Crippen LogP contribution in [0.1, 0.15) is 50.3 Å². The average molecular weight is 549 g/mol. The third-order valence-electron chi connectivity index (χ3n) is 7.65. The van der Waals surface area contributed by atoms with Gasteiger partial charge in [-0.2, -0.15) is 0 Å². The van der Waals surface area contributed by atoms with Crippen LogP contribution in [-0.4, -0.2) is 22.0 Å². The first-order valence-electron chi connectivity index (χ1n) is 13.1. The van der Waals surface area contributed by atoms with E-state index in [0.29, 0.717) is 33.6 Å². The molecule has 0 N–H and O–H groups in total. The van der Waals surface area contributed by atoms with Crippen LogP contribution in [0.3, 0.4) is 0 Å². The van der Waals surface area contributed by atoms with Crippen molar-refractivity contribution >= 4 is 44.9 Å². The SMILES string of the molecule is CCc1nnc(N2C(=O)c3oc4ccc(C)cc4c(=O)c3C23C(=O)N(Cc2cccc(C)c2)c2ccccc23)s1. The van der Waals surface area contributed by atoms with Crippen molar-refractivity contribution < 1.29 is 14.0 Å². The largest absolute Gasteiger partial charge is 0.450 e. The zero-order chi connectivity index (χ0) is 27.8. The lowest BCUT2D eigenvalue weighted by molar-refractivity contribution is -0.121.